The van der Waals surface area contributed by atoms with Crippen molar-refractivity contribution in [2.75, 3.05) is 7.11 Å². The maximum Gasteiger partial charge on any atom is 0.385 e. The second-order valence-electron chi connectivity index (χ2n) is 3.71. The van der Waals surface area contributed by atoms with E-state index in [1.165, 1.54) is 14.0 Å². The van der Waals surface area contributed by atoms with Crippen LogP contribution in [0.15, 0.2) is 29.8 Å². The minimum absolute atomic E-state index is 0.0140. The summed E-state index contributed by atoms with van der Waals surface area (Å²) in [7, 11) is 1.52. The minimum atomic E-state index is -1.02. The molecule has 92 valence electrons. The molecule has 5 nitrogen and oxygen atoms in total. The van der Waals surface area contributed by atoms with Crippen LogP contribution in [0.2, 0.25) is 0 Å². The fourth-order valence-corrected chi connectivity index (χ4v) is 1.66. The third-order valence-corrected chi connectivity index (χ3v) is 2.54. The summed E-state index contributed by atoms with van der Waals surface area (Å²) in [5.74, 6) is -1.77. The van der Waals surface area contributed by atoms with E-state index in [1.807, 2.05) is 0 Å². The lowest BCUT2D eigenvalue weighted by atomic mass is 10.0. The van der Waals surface area contributed by atoms with Gasteiger partial charge in [-0.3, -0.25) is 9.59 Å². The monoisotopic (exact) mass is 246 g/mol. The van der Waals surface area contributed by atoms with Crippen molar-refractivity contribution in [3.05, 3.63) is 35.4 Å². The van der Waals surface area contributed by atoms with Crippen molar-refractivity contribution in [2.24, 2.45) is 0 Å². The van der Waals surface area contributed by atoms with Crippen molar-refractivity contribution in [3.63, 3.8) is 0 Å². The number of methoxy groups -OCH3 is 1. The van der Waals surface area contributed by atoms with Crippen molar-refractivity contribution in [1.82, 2.24) is 0 Å². The number of ketones is 2. The molecule has 0 amide bonds. The summed E-state index contributed by atoms with van der Waals surface area (Å²) in [5.41, 5.74) is 0.283. The van der Waals surface area contributed by atoms with E-state index in [0.29, 0.717) is 11.3 Å². The largest absolute Gasteiger partial charge is 0.497 e. The maximum atomic E-state index is 11.5. The van der Waals surface area contributed by atoms with Crippen LogP contribution in [-0.2, 0) is 19.1 Å². The molecular formula is C13H10O5. The molecule has 1 aliphatic heterocycles. The second-order valence-corrected chi connectivity index (χ2v) is 3.71. The van der Waals surface area contributed by atoms with E-state index in [1.54, 1.807) is 24.3 Å². The first-order chi connectivity index (χ1) is 8.54. The van der Waals surface area contributed by atoms with Crippen LogP contribution in [0.25, 0.3) is 5.76 Å². The van der Waals surface area contributed by atoms with Crippen LogP contribution in [0.5, 0.6) is 5.75 Å². The smallest absolute Gasteiger partial charge is 0.385 e. The van der Waals surface area contributed by atoms with Gasteiger partial charge < -0.3 is 9.47 Å². The molecule has 1 heterocycles. The molecule has 0 N–H and O–H groups in total. The van der Waals surface area contributed by atoms with Crippen molar-refractivity contribution in [2.45, 2.75) is 6.92 Å². The molecular weight excluding hydrogens is 236 g/mol. The second kappa shape index (κ2) is 4.44. The molecule has 0 radical (unpaired) electrons. The minimum Gasteiger partial charge on any atom is -0.497 e. The third-order valence-electron chi connectivity index (χ3n) is 2.54. The van der Waals surface area contributed by atoms with E-state index in [0.717, 1.165) is 0 Å². The first-order valence-corrected chi connectivity index (χ1v) is 5.20. The van der Waals surface area contributed by atoms with Crippen molar-refractivity contribution < 1.29 is 23.9 Å². The number of carbonyl (C=O) groups is 3. The fraction of sp³-hybridized carbons (Fsp3) is 0.154. The summed E-state index contributed by atoms with van der Waals surface area (Å²) in [6, 6.07) is 6.53. The highest BCUT2D eigenvalue weighted by Crippen LogP contribution is 2.28. The molecule has 1 aromatic rings. The number of Topliss-reactive ketones (excluding diaryl/α,β-unsaturated/α-hetero) is 2. The summed E-state index contributed by atoms with van der Waals surface area (Å²) in [5, 5.41) is 0. The highest BCUT2D eigenvalue weighted by Gasteiger charge is 2.37. The van der Waals surface area contributed by atoms with E-state index in [2.05, 4.69) is 0 Å². The highest BCUT2D eigenvalue weighted by molar-refractivity contribution is 6.52. The third kappa shape index (κ3) is 1.90. The van der Waals surface area contributed by atoms with Crippen LogP contribution in [0, 0.1) is 0 Å². The standard InChI is InChI=1S/C13H10O5/c1-7(14)10-11(15)13(16)18-12(10)8-3-5-9(17-2)6-4-8/h3-6H,1-2H3. The van der Waals surface area contributed by atoms with E-state index < -0.39 is 17.5 Å². The number of ether oxygens (including phenoxy) is 2. The number of hydrogen-bond acceptors (Lipinski definition) is 5. The van der Waals surface area contributed by atoms with Crippen molar-refractivity contribution in [3.8, 4) is 5.75 Å². The molecule has 0 aliphatic carbocycles. The molecule has 0 fully saturated rings. The SMILES string of the molecule is COc1ccc(C2=C(C(C)=O)C(=O)C(=O)O2)cc1. The zero-order valence-corrected chi connectivity index (χ0v) is 9.85. The lowest BCUT2D eigenvalue weighted by Gasteiger charge is -2.04. The average Bonchev–Trinajstić information content (AvgIpc) is 2.66. The lowest BCUT2D eigenvalue weighted by molar-refractivity contribution is -0.145. The normalized spacial score (nSPS) is 14.8. The molecule has 0 bridgehead atoms. The van der Waals surface area contributed by atoms with Gasteiger partial charge in [-0.15, -0.1) is 0 Å². The van der Waals surface area contributed by atoms with Gasteiger partial charge in [-0.05, 0) is 31.2 Å². The number of rotatable bonds is 3. The summed E-state index contributed by atoms with van der Waals surface area (Å²) < 4.78 is 9.83. The van der Waals surface area contributed by atoms with Gasteiger partial charge in [-0.1, -0.05) is 0 Å². The van der Waals surface area contributed by atoms with Gasteiger partial charge in [0, 0.05) is 5.56 Å². The molecule has 1 aromatic carbocycles. The Hall–Kier alpha value is -2.43. The first kappa shape index (κ1) is 12.0. The number of carbonyl (C=O) groups excluding carboxylic acids is 3. The van der Waals surface area contributed by atoms with Gasteiger partial charge in [-0.2, -0.15) is 0 Å². The van der Waals surface area contributed by atoms with Crippen molar-refractivity contribution >= 4 is 23.3 Å². The Morgan fingerprint density at radius 3 is 2.28 bits per heavy atom. The maximum absolute atomic E-state index is 11.5. The quantitative estimate of drug-likeness (QED) is 0.454. The van der Waals surface area contributed by atoms with Gasteiger partial charge in [0.05, 0.1) is 7.11 Å². The molecule has 2 rings (SSSR count). The molecule has 0 unspecified atom stereocenters. The Morgan fingerprint density at radius 2 is 1.78 bits per heavy atom. The van der Waals surface area contributed by atoms with Crippen molar-refractivity contribution in [1.29, 1.82) is 0 Å². The van der Waals surface area contributed by atoms with Gasteiger partial charge in [0.2, 0.25) is 0 Å². The van der Waals surface area contributed by atoms with Gasteiger partial charge in [-0.25, -0.2) is 4.79 Å². The Bertz CT molecular complexity index is 566. The van der Waals surface area contributed by atoms with E-state index in [4.69, 9.17) is 9.47 Å². The molecule has 18 heavy (non-hydrogen) atoms. The lowest BCUT2D eigenvalue weighted by Crippen LogP contribution is -2.13. The number of benzene rings is 1. The fourth-order valence-electron chi connectivity index (χ4n) is 1.66. The first-order valence-electron chi connectivity index (χ1n) is 5.20. The van der Waals surface area contributed by atoms with E-state index >= 15 is 0 Å². The van der Waals surface area contributed by atoms with E-state index in [-0.39, 0.29) is 11.3 Å². The van der Waals surface area contributed by atoms with Crippen LogP contribution in [-0.4, -0.2) is 24.6 Å². The Balaban J connectivity index is 2.49. The van der Waals surface area contributed by atoms with Crippen LogP contribution in [0.1, 0.15) is 12.5 Å². The number of cyclic esters (lactones) is 1. The summed E-state index contributed by atoms with van der Waals surface area (Å²) >= 11 is 0. The molecule has 0 saturated carbocycles. The van der Waals surface area contributed by atoms with Gasteiger partial charge >= 0.3 is 5.97 Å². The Morgan fingerprint density at radius 1 is 1.17 bits per heavy atom. The molecule has 0 atom stereocenters. The Kier molecular flexibility index (Phi) is 2.97. The predicted molar refractivity (Wildman–Crippen MR) is 61.7 cm³/mol. The van der Waals surface area contributed by atoms with Crippen LogP contribution < -0.4 is 4.74 Å². The van der Waals surface area contributed by atoms with E-state index in [9.17, 15) is 14.4 Å². The number of hydrogen-bond donors (Lipinski definition) is 0. The van der Waals surface area contributed by atoms with Crippen LogP contribution >= 0.6 is 0 Å². The molecule has 0 aromatic heterocycles. The zero-order chi connectivity index (χ0) is 13.3. The molecule has 0 saturated heterocycles. The summed E-state index contributed by atoms with van der Waals surface area (Å²) in [4.78, 5) is 34.1. The topological polar surface area (TPSA) is 69.7 Å². The summed E-state index contributed by atoms with van der Waals surface area (Å²) in [6.07, 6.45) is 0. The number of esters is 1. The summed E-state index contributed by atoms with van der Waals surface area (Å²) in [6.45, 7) is 1.22. The Labute approximate surface area is 103 Å². The predicted octanol–water partition coefficient (Wildman–Crippen LogP) is 1.12. The van der Waals surface area contributed by atoms with Gasteiger partial charge in [0.1, 0.15) is 11.3 Å². The zero-order valence-electron chi connectivity index (χ0n) is 9.85. The van der Waals surface area contributed by atoms with Gasteiger partial charge in [0.15, 0.2) is 11.5 Å². The van der Waals surface area contributed by atoms with Crippen LogP contribution in [0.4, 0.5) is 0 Å². The highest BCUT2D eigenvalue weighted by atomic mass is 16.5. The molecule has 5 heteroatoms. The molecule has 1 aliphatic rings. The molecule has 0 spiro atoms. The van der Waals surface area contributed by atoms with Crippen LogP contribution in [0.3, 0.4) is 0 Å². The average molecular weight is 246 g/mol. The van der Waals surface area contributed by atoms with Gasteiger partial charge in [0.25, 0.3) is 5.78 Å².